The van der Waals surface area contributed by atoms with Crippen molar-refractivity contribution < 1.29 is 13.5 Å². The molecule has 4 nitrogen and oxygen atoms in total. The predicted octanol–water partition coefficient (Wildman–Crippen LogP) is 2.66. The summed E-state index contributed by atoms with van der Waals surface area (Å²) in [6.45, 7) is 0.286. The van der Waals surface area contributed by atoms with Crippen molar-refractivity contribution >= 4 is 5.82 Å². The van der Waals surface area contributed by atoms with E-state index in [-0.39, 0.29) is 18.3 Å². The third-order valence-corrected chi connectivity index (χ3v) is 2.73. The minimum absolute atomic E-state index is 0.246. The Balaban J connectivity index is 1.88. The molecule has 0 radical (unpaired) electrons. The molecule has 0 aliphatic rings. The number of aryl methyl sites for hydroxylation is 1. The van der Waals surface area contributed by atoms with Crippen molar-refractivity contribution in [1.29, 1.82) is 0 Å². The Morgan fingerprint density at radius 2 is 1.90 bits per heavy atom. The van der Waals surface area contributed by atoms with Crippen LogP contribution in [0.2, 0.25) is 0 Å². The summed E-state index contributed by atoms with van der Waals surface area (Å²) in [6.07, 6.45) is 1.51. The van der Waals surface area contributed by atoms with E-state index in [1.54, 1.807) is 0 Å². The molecule has 106 valence electrons. The van der Waals surface area contributed by atoms with E-state index < -0.39 is 11.6 Å². The van der Waals surface area contributed by atoms with Crippen LogP contribution >= 0.6 is 0 Å². The molecule has 3 N–H and O–H groups in total. The highest BCUT2D eigenvalue weighted by atomic mass is 19.1. The van der Waals surface area contributed by atoms with Crippen LogP contribution in [0.4, 0.5) is 14.6 Å². The maximum Gasteiger partial charge on any atom is 0.252 e. The summed E-state index contributed by atoms with van der Waals surface area (Å²) < 4.78 is 31.8. The van der Waals surface area contributed by atoms with Gasteiger partial charge >= 0.3 is 0 Å². The zero-order chi connectivity index (χ0) is 14.4. The zero-order valence-electron chi connectivity index (χ0n) is 10.8. The number of nitrogens with zero attached hydrogens (tertiary/aromatic N) is 1. The molecule has 0 saturated heterocycles. The number of ether oxygens (including phenoxy) is 1. The summed E-state index contributed by atoms with van der Waals surface area (Å²) in [5, 5.41) is 0. The lowest BCUT2D eigenvalue weighted by Gasteiger charge is -2.08. The van der Waals surface area contributed by atoms with Crippen LogP contribution < -0.4 is 16.0 Å². The molecule has 6 heteroatoms. The molecular formula is C14H15F2N3O. The number of hydrogen-bond donors (Lipinski definition) is 2. The number of benzene rings is 1. The van der Waals surface area contributed by atoms with Crippen LogP contribution in [0.15, 0.2) is 36.4 Å². The first kappa shape index (κ1) is 14.2. The van der Waals surface area contributed by atoms with Crippen LogP contribution in [0.5, 0.6) is 5.88 Å². The summed E-state index contributed by atoms with van der Waals surface area (Å²) in [6, 6.07) is 10.6. The van der Waals surface area contributed by atoms with E-state index in [1.807, 2.05) is 35.8 Å². The first-order chi connectivity index (χ1) is 9.70. The van der Waals surface area contributed by atoms with Gasteiger partial charge in [-0.1, -0.05) is 30.3 Å². The third kappa shape index (κ3) is 3.64. The molecule has 2 rings (SSSR count). The number of nitrogens with one attached hydrogen (secondary N) is 1. The van der Waals surface area contributed by atoms with Gasteiger partial charge in [-0.25, -0.2) is 14.6 Å². The number of halogens is 2. The smallest absolute Gasteiger partial charge is 0.252 e. The molecule has 0 saturated carbocycles. The maximum absolute atomic E-state index is 13.4. The van der Waals surface area contributed by atoms with Crippen molar-refractivity contribution in [2.75, 3.05) is 12.0 Å². The Kier molecular flexibility index (Phi) is 4.84. The molecule has 1 aromatic carbocycles. The Morgan fingerprint density at radius 3 is 2.60 bits per heavy atom. The summed E-state index contributed by atoms with van der Waals surface area (Å²) in [7, 11) is 0. The van der Waals surface area contributed by atoms with Gasteiger partial charge < -0.3 is 10.2 Å². The lowest BCUT2D eigenvalue weighted by Crippen LogP contribution is -2.12. The second kappa shape index (κ2) is 6.81. The average molecular weight is 279 g/mol. The van der Waals surface area contributed by atoms with Crippen LogP contribution in [0.25, 0.3) is 0 Å². The predicted molar refractivity (Wildman–Crippen MR) is 72.2 cm³/mol. The van der Waals surface area contributed by atoms with Gasteiger partial charge in [-0.05, 0) is 18.4 Å². The quantitative estimate of drug-likeness (QED) is 0.485. The number of aromatic nitrogens is 1. The second-order valence-corrected chi connectivity index (χ2v) is 4.19. The lowest BCUT2D eigenvalue weighted by atomic mass is 10.1. The van der Waals surface area contributed by atoms with Crippen molar-refractivity contribution in [3.8, 4) is 5.88 Å². The molecule has 2 aromatic rings. The van der Waals surface area contributed by atoms with Crippen LogP contribution in [0.1, 0.15) is 12.0 Å². The minimum atomic E-state index is -0.860. The number of hydrazine groups is 1. The first-order valence-corrected chi connectivity index (χ1v) is 6.20. The van der Waals surface area contributed by atoms with Crippen molar-refractivity contribution in [3.63, 3.8) is 0 Å². The van der Waals surface area contributed by atoms with E-state index in [4.69, 9.17) is 10.6 Å². The van der Waals surface area contributed by atoms with Crippen molar-refractivity contribution in [2.24, 2.45) is 5.84 Å². The van der Waals surface area contributed by atoms with Gasteiger partial charge in [0, 0.05) is 6.07 Å². The van der Waals surface area contributed by atoms with Crippen molar-refractivity contribution in [1.82, 2.24) is 4.98 Å². The van der Waals surface area contributed by atoms with Gasteiger partial charge in [-0.15, -0.1) is 0 Å². The van der Waals surface area contributed by atoms with Gasteiger partial charge in [-0.2, -0.15) is 4.98 Å². The Morgan fingerprint density at radius 1 is 1.15 bits per heavy atom. The van der Waals surface area contributed by atoms with Crippen LogP contribution in [-0.4, -0.2) is 11.6 Å². The molecular weight excluding hydrogens is 264 g/mol. The van der Waals surface area contributed by atoms with Crippen molar-refractivity contribution in [2.45, 2.75) is 12.8 Å². The Hall–Kier alpha value is -2.21. The monoisotopic (exact) mass is 279 g/mol. The van der Waals surface area contributed by atoms with E-state index >= 15 is 0 Å². The fraction of sp³-hybridized carbons (Fsp3) is 0.214. The molecule has 1 heterocycles. The summed E-state index contributed by atoms with van der Waals surface area (Å²) in [5.74, 6) is 2.86. The molecule has 1 aromatic heterocycles. The summed E-state index contributed by atoms with van der Waals surface area (Å²) >= 11 is 0. The molecule has 0 aliphatic carbocycles. The third-order valence-electron chi connectivity index (χ3n) is 2.73. The maximum atomic E-state index is 13.4. The zero-order valence-corrected chi connectivity index (χ0v) is 10.8. The van der Waals surface area contributed by atoms with Gasteiger partial charge in [0.1, 0.15) is 0 Å². The summed E-state index contributed by atoms with van der Waals surface area (Å²) in [4.78, 5) is 3.63. The number of hydrogen-bond acceptors (Lipinski definition) is 4. The average Bonchev–Trinajstić information content (AvgIpc) is 2.46. The minimum Gasteiger partial charge on any atom is -0.476 e. The molecule has 0 spiro atoms. The SMILES string of the molecule is NNc1nc(OCCCc2ccccc2)c(F)cc1F. The second-order valence-electron chi connectivity index (χ2n) is 4.19. The molecule has 0 fully saturated rings. The van der Waals surface area contributed by atoms with Gasteiger partial charge in [0.15, 0.2) is 17.5 Å². The molecule has 0 amide bonds. The highest BCUT2D eigenvalue weighted by Gasteiger charge is 2.12. The molecule has 0 unspecified atom stereocenters. The first-order valence-electron chi connectivity index (χ1n) is 6.20. The van der Waals surface area contributed by atoms with Crippen LogP contribution in [0.3, 0.4) is 0 Å². The molecule has 0 aliphatic heterocycles. The number of nitrogen functional groups attached to an aromatic ring is 1. The van der Waals surface area contributed by atoms with E-state index in [9.17, 15) is 8.78 Å². The fourth-order valence-corrected chi connectivity index (χ4v) is 1.74. The Bertz CT molecular complexity index is 564. The Labute approximate surface area is 115 Å². The van der Waals surface area contributed by atoms with Crippen LogP contribution in [-0.2, 0) is 6.42 Å². The number of anilines is 1. The van der Waals surface area contributed by atoms with E-state index in [0.717, 1.165) is 6.42 Å². The summed E-state index contributed by atoms with van der Waals surface area (Å²) in [5.41, 5.74) is 3.22. The standard InChI is InChI=1S/C14H15F2N3O/c15-11-9-12(16)14(18-13(11)19-17)20-8-4-7-10-5-2-1-3-6-10/h1-3,5-6,9H,4,7-8,17H2,(H,18,19). The number of pyridine rings is 1. The lowest BCUT2D eigenvalue weighted by molar-refractivity contribution is 0.282. The van der Waals surface area contributed by atoms with Gasteiger partial charge in [0.25, 0.3) is 5.88 Å². The highest BCUT2D eigenvalue weighted by molar-refractivity contribution is 5.38. The van der Waals surface area contributed by atoms with Gasteiger partial charge in [0.05, 0.1) is 6.61 Å². The molecule has 0 atom stereocenters. The highest BCUT2D eigenvalue weighted by Crippen LogP contribution is 2.20. The normalized spacial score (nSPS) is 10.3. The van der Waals surface area contributed by atoms with E-state index in [0.29, 0.717) is 12.5 Å². The van der Waals surface area contributed by atoms with Crippen LogP contribution in [0, 0.1) is 11.6 Å². The van der Waals surface area contributed by atoms with E-state index in [1.165, 1.54) is 5.56 Å². The van der Waals surface area contributed by atoms with Gasteiger partial charge in [-0.3, -0.25) is 0 Å². The van der Waals surface area contributed by atoms with Crippen molar-refractivity contribution in [3.05, 3.63) is 53.6 Å². The largest absolute Gasteiger partial charge is 0.476 e. The fourth-order valence-electron chi connectivity index (χ4n) is 1.74. The number of nitrogens with two attached hydrogens (primary N) is 1. The number of rotatable bonds is 6. The molecule has 0 bridgehead atoms. The topological polar surface area (TPSA) is 60.2 Å². The van der Waals surface area contributed by atoms with E-state index in [2.05, 4.69) is 4.98 Å². The van der Waals surface area contributed by atoms with Gasteiger partial charge in [0.2, 0.25) is 0 Å². The molecule has 20 heavy (non-hydrogen) atoms.